The molecule has 7 nitrogen and oxygen atoms in total. The van der Waals surface area contributed by atoms with Gasteiger partial charge in [0.1, 0.15) is 5.84 Å². The van der Waals surface area contributed by atoms with Gasteiger partial charge in [0.05, 0.1) is 29.2 Å². The van der Waals surface area contributed by atoms with Crippen molar-refractivity contribution in [3.05, 3.63) is 72.0 Å². The summed E-state index contributed by atoms with van der Waals surface area (Å²) in [6.45, 7) is 7.06. The molecule has 0 bridgehead atoms. The predicted molar refractivity (Wildman–Crippen MR) is 123 cm³/mol. The number of halogens is 2. The summed E-state index contributed by atoms with van der Waals surface area (Å²) in [6.07, 6.45) is 5.96. The number of hydrogen-bond acceptors (Lipinski definition) is 5. The number of pyridine rings is 1. The van der Waals surface area contributed by atoms with E-state index in [0.717, 1.165) is 0 Å². The van der Waals surface area contributed by atoms with Gasteiger partial charge in [0.15, 0.2) is 0 Å². The highest BCUT2D eigenvalue weighted by molar-refractivity contribution is 5.96. The van der Waals surface area contributed by atoms with Crippen molar-refractivity contribution < 1.29 is 21.2 Å². The quantitative estimate of drug-likeness (QED) is 0.612. The average molecular weight is 446 g/mol. The zero-order valence-electron chi connectivity index (χ0n) is 18.2. The zero-order valence-corrected chi connectivity index (χ0v) is 18.2. The van der Waals surface area contributed by atoms with E-state index in [1.54, 1.807) is 24.4 Å². The van der Waals surface area contributed by atoms with E-state index in [0.29, 0.717) is 34.9 Å². The topological polar surface area (TPSA) is 80.5 Å². The molecule has 172 valence electrons. The van der Waals surface area contributed by atoms with E-state index >= 15 is 0 Å². The molecule has 0 saturated carbocycles. The van der Waals surface area contributed by atoms with Crippen molar-refractivity contribution in [1.29, 1.82) is 0 Å². The van der Waals surface area contributed by atoms with Crippen LogP contribution in [0, 0.1) is 0 Å². The number of ether oxygens (including phenoxy) is 1. The first-order valence-corrected chi connectivity index (χ1v) is 9.98. The van der Waals surface area contributed by atoms with Crippen LogP contribution in [0.1, 0.15) is 46.1 Å². The van der Waals surface area contributed by atoms with Crippen LogP contribution in [0.5, 0.6) is 5.88 Å². The zero-order chi connectivity index (χ0) is 23.3. The van der Waals surface area contributed by atoms with Crippen LogP contribution in [-0.2, 0) is 5.54 Å². The molecule has 0 unspecified atom stereocenters. The Morgan fingerprint density at radius 3 is 2.81 bits per heavy atom. The van der Waals surface area contributed by atoms with Gasteiger partial charge in [-0.2, -0.15) is 8.78 Å². The van der Waals surface area contributed by atoms with Gasteiger partial charge in [0.25, 0.3) is 5.91 Å². The molecule has 1 aliphatic rings. The lowest BCUT2D eigenvalue weighted by atomic mass is 10.1. The lowest BCUT2D eigenvalue weighted by Crippen LogP contribution is -2.32. The molecule has 0 saturated heterocycles. The number of rotatable bonds is 7. The fraction of sp³-hybridized carbons (Fsp3) is 0.304. The summed E-state index contributed by atoms with van der Waals surface area (Å²) in [5, 5.41) is 5.92. The predicted octanol–water partition coefficient (Wildman–Crippen LogP) is 4.56. The molecule has 2 aromatic heterocycles. The van der Waals surface area contributed by atoms with E-state index < -0.39 is 6.61 Å². The van der Waals surface area contributed by atoms with Crippen LogP contribution in [0.4, 0.5) is 8.78 Å². The van der Waals surface area contributed by atoms with Crippen molar-refractivity contribution in [3.8, 4) is 5.88 Å². The first-order valence-electron chi connectivity index (χ1n) is 9.98. The summed E-state index contributed by atoms with van der Waals surface area (Å²) in [5.74, 6) is 0.209. The third-order valence-electron chi connectivity index (χ3n) is 4.60. The standard InChI is InChI=1S/C23H25F2N5O2.2H2/c1-5-16(13-26-21(31)15-11-12-30(14-15)23(2,3)4)27-19-10-9-18(28-19)17-7-6-8-20(29-17)32-22(24)25;;/h6-9,11-12,14,22H,1,10,13H2,2-4H3,(H,26,31)(H,27,28);2*1H. The van der Waals surface area contributed by atoms with Crippen LogP contribution >= 0.6 is 0 Å². The summed E-state index contributed by atoms with van der Waals surface area (Å²) in [6, 6.07) is 6.34. The van der Waals surface area contributed by atoms with E-state index in [2.05, 4.69) is 58.4 Å². The number of nitrogens with one attached hydrogen (secondary N) is 2. The Labute approximate surface area is 188 Å². The number of nitrogens with zero attached hydrogens (tertiary/aromatic N) is 3. The molecule has 0 spiro atoms. The summed E-state index contributed by atoms with van der Waals surface area (Å²) in [5.41, 5.74) is 4.70. The Balaban J connectivity index is 0.00000289. The minimum Gasteiger partial charge on any atom is -0.417 e. The van der Waals surface area contributed by atoms with Crippen molar-refractivity contribution >= 4 is 17.4 Å². The molecule has 1 aliphatic heterocycles. The molecule has 0 aromatic carbocycles. The SMILES string of the molecule is C=C=C(CNC(=O)c1ccn(C(C)(C)C)c1)NC1=NC(c2cccc(OC(F)F)n2)=CC1.[HH].[HH]. The Morgan fingerprint density at radius 1 is 1.38 bits per heavy atom. The molecule has 0 fully saturated rings. The highest BCUT2D eigenvalue weighted by atomic mass is 19.3. The van der Waals surface area contributed by atoms with Gasteiger partial charge < -0.3 is 19.9 Å². The molecule has 1 amide bonds. The Kier molecular flexibility index (Phi) is 6.90. The van der Waals surface area contributed by atoms with Crippen LogP contribution < -0.4 is 15.4 Å². The molecule has 0 aliphatic carbocycles. The first kappa shape index (κ1) is 23.0. The Hall–Kier alpha value is -3.71. The molecular weight excluding hydrogens is 416 g/mol. The maximum atomic E-state index is 12.5. The van der Waals surface area contributed by atoms with E-state index in [1.165, 1.54) is 6.07 Å². The van der Waals surface area contributed by atoms with Gasteiger partial charge in [-0.25, -0.2) is 9.98 Å². The molecular formula is C23H29F2N5O2. The number of carbonyl (C=O) groups is 1. The van der Waals surface area contributed by atoms with Gasteiger partial charge in [0, 0.05) is 33.3 Å². The number of hydrogen-bond donors (Lipinski definition) is 2. The lowest BCUT2D eigenvalue weighted by molar-refractivity contribution is -0.0528. The molecule has 32 heavy (non-hydrogen) atoms. The normalized spacial score (nSPS) is 13.3. The Morgan fingerprint density at radius 2 is 2.16 bits per heavy atom. The van der Waals surface area contributed by atoms with Crippen LogP contribution in [-0.4, -0.2) is 34.5 Å². The maximum absolute atomic E-state index is 12.5. The third-order valence-corrected chi connectivity index (χ3v) is 4.60. The molecule has 2 aromatic rings. The highest BCUT2D eigenvalue weighted by Crippen LogP contribution is 2.23. The number of alkyl halides is 2. The number of amides is 1. The minimum absolute atomic E-state index is 0. The van der Waals surface area contributed by atoms with Gasteiger partial charge in [-0.05, 0) is 39.0 Å². The van der Waals surface area contributed by atoms with Crippen LogP contribution in [0.15, 0.2) is 65.7 Å². The summed E-state index contributed by atoms with van der Waals surface area (Å²) in [7, 11) is 0. The number of carbonyl (C=O) groups excluding carboxylic acids is 1. The number of amidine groups is 1. The van der Waals surface area contributed by atoms with E-state index in [1.807, 2.05) is 16.8 Å². The van der Waals surface area contributed by atoms with E-state index in [4.69, 9.17) is 0 Å². The van der Waals surface area contributed by atoms with E-state index in [-0.39, 0.29) is 26.7 Å². The van der Waals surface area contributed by atoms with Crippen molar-refractivity contribution in [2.24, 2.45) is 4.99 Å². The van der Waals surface area contributed by atoms with Crippen molar-refractivity contribution in [2.75, 3.05) is 6.54 Å². The van der Waals surface area contributed by atoms with Crippen molar-refractivity contribution in [3.63, 3.8) is 0 Å². The van der Waals surface area contributed by atoms with Gasteiger partial charge in [-0.1, -0.05) is 12.6 Å². The first-order chi connectivity index (χ1) is 15.2. The lowest BCUT2D eigenvalue weighted by Gasteiger charge is -2.20. The van der Waals surface area contributed by atoms with Gasteiger partial charge >= 0.3 is 6.61 Å². The Bertz CT molecular complexity index is 1120. The minimum atomic E-state index is -2.95. The van der Waals surface area contributed by atoms with Crippen LogP contribution in [0.25, 0.3) is 5.70 Å². The molecule has 3 rings (SSSR count). The van der Waals surface area contributed by atoms with Gasteiger partial charge in [0.2, 0.25) is 5.88 Å². The number of aromatic nitrogens is 2. The van der Waals surface area contributed by atoms with Crippen LogP contribution in [0.2, 0.25) is 0 Å². The van der Waals surface area contributed by atoms with E-state index in [9.17, 15) is 13.6 Å². The molecule has 0 radical (unpaired) electrons. The largest absolute Gasteiger partial charge is 0.417 e. The van der Waals surface area contributed by atoms with Gasteiger partial charge in [-0.15, -0.1) is 5.73 Å². The molecule has 0 atom stereocenters. The summed E-state index contributed by atoms with van der Waals surface area (Å²) >= 11 is 0. The monoisotopic (exact) mass is 445 g/mol. The second-order valence-corrected chi connectivity index (χ2v) is 8.03. The fourth-order valence-electron chi connectivity index (χ4n) is 2.93. The number of aliphatic imine (C=N–C) groups is 1. The van der Waals surface area contributed by atoms with Crippen molar-refractivity contribution in [2.45, 2.75) is 39.3 Å². The second-order valence-electron chi connectivity index (χ2n) is 8.03. The molecule has 9 heteroatoms. The molecule has 3 heterocycles. The highest BCUT2D eigenvalue weighted by Gasteiger charge is 2.17. The maximum Gasteiger partial charge on any atom is 0.388 e. The van der Waals surface area contributed by atoms with Gasteiger partial charge in [-0.3, -0.25) is 4.79 Å². The second kappa shape index (κ2) is 9.62. The fourth-order valence-corrected chi connectivity index (χ4v) is 2.93. The van der Waals surface area contributed by atoms with Crippen molar-refractivity contribution in [1.82, 2.24) is 20.2 Å². The summed E-state index contributed by atoms with van der Waals surface area (Å²) in [4.78, 5) is 20.9. The smallest absolute Gasteiger partial charge is 0.388 e. The molecule has 2 N–H and O–H groups in total. The average Bonchev–Trinajstić information content (AvgIpc) is 3.40. The third kappa shape index (κ3) is 5.92. The van der Waals surface area contributed by atoms with Crippen LogP contribution in [0.3, 0.4) is 0 Å². The summed E-state index contributed by atoms with van der Waals surface area (Å²) < 4.78 is 31.1.